The second kappa shape index (κ2) is 7.77. The molecule has 0 radical (unpaired) electrons. The molecule has 0 aliphatic carbocycles. The van der Waals surface area contributed by atoms with Gasteiger partial charge in [0.15, 0.2) is 5.82 Å². The summed E-state index contributed by atoms with van der Waals surface area (Å²) < 4.78 is 23.8. The number of hydrogen-bond donors (Lipinski definition) is 1. The van der Waals surface area contributed by atoms with E-state index < -0.39 is 9.84 Å². The van der Waals surface area contributed by atoms with Crippen molar-refractivity contribution in [3.8, 4) is 38.5 Å². The molecule has 0 amide bonds. The van der Waals surface area contributed by atoms with Gasteiger partial charge in [-0.15, -0.1) is 21.5 Å². The second-order valence-electron chi connectivity index (χ2n) is 6.08. The summed E-state index contributed by atoms with van der Waals surface area (Å²) in [4.78, 5) is 11.9. The van der Waals surface area contributed by atoms with E-state index in [1.165, 1.54) is 23.9 Å². The molecule has 0 aliphatic heterocycles. The third-order valence-corrected chi connectivity index (χ3v) is 6.68. The van der Waals surface area contributed by atoms with E-state index in [1.807, 2.05) is 0 Å². The standard InChI is InChI=1S/C18H10Cl2N6O2S2/c1-30(27,28)18-22-5-4-13(25-18)15-11(7-21)14(10-3-2-9(19)6-12(10)20)16(29-15)17-23-8-24-26-17/h2-6,8H,1H3,(H,23,24,26). The molecule has 1 aromatic carbocycles. The summed E-state index contributed by atoms with van der Waals surface area (Å²) in [5, 5.41) is 18.3. The van der Waals surface area contributed by atoms with Gasteiger partial charge >= 0.3 is 0 Å². The van der Waals surface area contributed by atoms with Crippen LogP contribution in [0.5, 0.6) is 0 Å². The zero-order chi connectivity index (χ0) is 21.5. The monoisotopic (exact) mass is 476 g/mol. The topological polar surface area (TPSA) is 125 Å². The maximum absolute atomic E-state index is 11.9. The average Bonchev–Trinajstić information content (AvgIpc) is 3.35. The lowest BCUT2D eigenvalue weighted by Gasteiger charge is -2.06. The van der Waals surface area contributed by atoms with Crippen molar-refractivity contribution in [1.82, 2.24) is 25.1 Å². The Bertz CT molecular complexity index is 1410. The molecule has 0 saturated heterocycles. The van der Waals surface area contributed by atoms with E-state index in [0.29, 0.717) is 42.4 Å². The Kier molecular flexibility index (Phi) is 5.29. The molecule has 3 heterocycles. The van der Waals surface area contributed by atoms with E-state index in [9.17, 15) is 13.7 Å². The largest absolute Gasteiger partial charge is 0.327 e. The van der Waals surface area contributed by atoms with Crippen LogP contribution >= 0.6 is 34.5 Å². The second-order valence-corrected chi connectivity index (χ2v) is 9.85. The van der Waals surface area contributed by atoms with E-state index in [1.54, 1.807) is 24.3 Å². The van der Waals surface area contributed by atoms with Crippen LogP contribution in [-0.4, -0.2) is 39.8 Å². The Labute approximate surface area is 185 Å². The number of benzene rings is 1. The van der Waals surface area contributed by atoms with Gasteiger partial charge in [-0.1, -0.05) is 29.3 Å². The Balaban J connectivity index is 2.05. The first-order valence-corrected chi connectivity index (χ1v) is 11.7. The summed E-state index contributed by atoms with van der Waals surface area (Å²) in [7, 11) is -3.63. The molecule has 0 unspecified atom stereocenters. The lowest BCUT2D eigenvalue weighted by Crippen LogP contribution is -2.04. The number of thiophene rings is 1. The predicted molar refractivity (Wildman–Crippen MR) is 114 cm³/mol. The third-order valence-electron chi connectivity index (χ3n) is 4.05. The van der Waals surface area contributed by atoms with Crippen LogP contribution in [0.25, 0.3) is 32.4 Å². The van der Waals surface area contributed by atoms with Crippen LogP contribution in [0.3, 0.4) is 0 Å². The van der Waals surface area contributed by atoms with Gasteiger partial charge in [-0.05, 0) is 18.2 Å². The summed E-state index contributed by atoms with van der Waals surface area (Å²) in [5.41, 5.74) is 1.66. The molecule has 0 fully saturated rings. The van der Waals surface area contributed by atoms with Crippen LogP contribution in [0.2, 0.25) is 10.0 Å². The van der Waals surface area contributed by atoms with Crippen molar-refractivity contribution in [2.75, 3.05) is 6.26 Å². The van der Waals surface area contributed by atoms with Crippen molar-refractivity contribution in [2.24, 2.45) is 0 Å². The maximum Gasteiger partial charge on any atom is 0.247 e. The fraction of sp³-hybridized carbons (Fsp3) is 0.0556. The Hall–Kier alpha value is -2.84. The molecular formula is C18H10Cl2N6O2S2. The fourth-order valence-electron chi connectivity index (χ4n) is 2.80. The number of nitrogens with zero attached hydrogens (tertiary/aromatic N) is 5. The summed E-state index contributed by atoms with van der Waals surface area (Å²) >= 11 is 13.7. The minimum atomic E-state index is -3.63. The van der Waals surface area contributed by atoms with E-state index in [4.69, 9.17) is 23.2 Å². The van der Waals surface area contributed by atoms with Crippen LogP contribution in [0.15, 0.2) is 41.9 Å². The number of halogens is 2. The highest BCUT2D eigenvalue weighted by Crippen LogP contribution is 2.47. The number of aromatic amines is 1. The first-order chi connectivity index (χ1) is 14.3. The van der Waals surface area contributed by atoms with Gasteiger partial charge in [0.2, 0.25) is 15.0 Å². The van der Waals surface area contributed by atoms with Gasteiger partial charge in [-0.3, -0.25) is 0 Å². The summed E-state index contributed by atoms with van der Waals surface area (Å²) in [5.74, 6) is 0.432. The molecule has 0 aliphatic rings. The fourth-order valence-corrected chi connectivity index (χ4v) is 5.00. The number of rotatable bonds is 4. The molecular weight excluding hydrogens is 467 g/mol. The van der Waals surface area contributed by atoms with Gasteiger partial charge < -0.3 is 4.98 Å². The number of nitriles is 1. The minimum Gasteiger partial charge on any atom is -0.327 e. The summed E-state index contributed by atoms with van der Waals surface area (Å²) in [6, 6.07) is 8.68. The van der Waals surface area contributed by atoms with Gasteiger partial charge in [-0.2, -0.15) is 5.26 Å². The Morgan fingerprint density at radius 1 is 1.20 bits per heavy atom. The van der Waals surface area contributed by atoms with Gasteiger partial charge in [0, 0.05) is 33.6 Å². The molecule has 0 atom stereocenters. The molecule has 0 spiro atoms. The highest BCUT2D eigenvalue weighted by atomic mass is 35.5. The van der Waals surface area contributed by atoms with E-state index in [0.717, 1.165) is 6.26 Å². The van der Waals surface area contributed by atoms with E-state index in [-0.39, 0.29) is 10.7 Å². The van der Waals surface area contributed by atoms with Crippen molar-refractivity contribution >= 4 is 44.4 Å². The molecule has 4 rings (SSSR count). The Morgan fingerprint density at radius 2 is 2.00 bits per heavy atom. The quantitative estimate of drug-likeness (QED) is 0.436. The van der Waals surface area contributed by atoms with Crippen molar-refractivity contribution in [2.45, 2.75) is 5.16 Å². The number of sulfone groups is 1. The molecule has 0 saturated carbocycles. The lowest BCUT2D eigenvalue weighted by molar-refractivity contribution is 0.593. The van der Waals surface area contributed by atoms with E-state index in [2.05, 4.69) is 31.2 Å². The molecule has 8 nitrogen and oxygen atoms in total. The van der Waals surface area contributed by atoms with Crippen LogP contribution < -0.4 is 0 Å². The molecule has 0 bridgehead atoms. The molecule has 3 aromatic heterocycles. The highest BCUT2D eigenvalue weighted by Gasteiger charge is 2.26. The van der Waals surface area contributed by atoms with Gasteiger partial charge in [-0.25, -0.2) is 18.4 Å². The van der Waals surface area contributed by atoms with Crippen molar-refractivity contribution in [1.29, 1.82) is 5.26 Å². The number of hydrogen-bond acceptors (Lipinski definition) is 8. The van der Waals surface area contributed by atoms with Crippen molar-refractivity contribution < 1.29 is 8.42 Å². The zero-order valence-corrected chi connectivity index (χ0v) is 18.2. The molecule has 4 aromatic rings. The van der Waals surface area contributed by atoms with Crippen LogP contribution in [-0.2, 0) is 9.84 Å². The maximum atomic E-state index is 11.9. The van der Waals surface area contributed by atoms with Gasteiger partial charge in [0.1, 0.15) is 12.4 Å². The first-order valence-electron chi connectivity index (χ1n) is 8.22. The molecule has 150 valence electrons. The number of nitrogens with one attached hydrogen (secondary N) is 1. The van der Waals surface area contributed by atoms with Crippen LogP contribution in [0, 0.1) is 11.3 Å². The number of H-pyrrole nitrogens is 1. The summed E-state index contributed by atoms with van der Waals surface area (Å²) in [6.45, 7) is 0. The lowest BCUT2D eigenvalue weighted by atomic mass is 9.99. The Morgan fingerprint density at radius 3 is 2.63 bits per heavy atom. The van der Waals surface area contributed by atoms with Crippen LogP contribution in [0.4, 0.5) is 0 Å². The van der Waals surface area contributed by atoms with Gasteiger partial charge in [0.05, 0.1) is 21.0 Å². The van der Waals surface area contributed by atoms with Crippen molar-refractivity contribution in [3.05, 3.63) is 52.4 Å². The normalized spacial score (nSPS) is 11.4. The highest BCUT2D eigenvalue weighted by molar-refractivity contribution is 7.90. The zero-order valence-electron chi connectivity index (χ0n) is 15.1. The van der Waals surface area contributed by atoms with Crippen LogP contribution in [0.1, 0.15) is 5.56 Å². The van der Waals surface area contributed by atoms with E-state index >= 15 is 0 Å². The minimum absolute atomic E-state index is 0.272. The molecule has 12 heteroatoms. The first kappa shape index (κ1) is 20.4. The number of aromatic nitrogens is 5. The molecule has 30 heavy (non-hydrogen) atoms. The SMILES string of the molecule is CS(=O)(=O)c1nccc(-c2sc(-c3nnc[nH]3)c(-c3ccc(Cl)cc3Cl)c2C#N)n1. The smallest absolute Gasteiger partial charge is 0.247 e. The summed E-state index contributed by atoms with van der Waals surface area (Å²) in [6.07, 6.45) is 3.77. The average molecular weight is 477 g/mol. The predicted octanol–water partition coefficient (Wildman–Crippen LogP) is 4.24. The third kappa shape index (κ3) is 3.68. The molecule has 1 N–H and O–H groups in total. The van der Waals surface area contributed by atoms with Gasteiger partial charge in [0.25, 0.3) is 0 Å². The van der Waals surface area contributed by atoms with Crippen molar-refractivity contribution in [3.63, 3.8) is 0 Å².